The maximum Gasteiger partial charge on any atom is 0.238 e. The SMILES string of the molecule is COc1cc(NC(=O)CNCCc2ccc(F)cc2)cc(OC)c1OC. The highest BCUT2D eigenvalue weighted by Crippen LogP contribution is 2.39. The number of methoxy groups -OCH3 is 3. The van der Waals surface area contributed by atoms with E-state index in [-0.39, 0.29) is 18.3 Å². The van der Waals surface area contributed by atoms with Gasteiger partial charge in [0.15, 0.2) is 11.5 Å². The summed E-state index contributed by atoms with van der Waals surface area (Å²) in [5.74, 6) is 0.938. The number of anilines is 1. The lowest BCUT2D eigenvalue weighted by atomic mass is 10.1. The number of rotatable bonds is 9. The van der Waals surface area contributed by atoms with Gasteiger partial charge in [0.1, 0.15) is 5.82 Å². The third-order valence-electron chi connectivity index (χ3n) is 3.74. The van der Waals surface area contributed by atoms with E-state index in [4.69, 9.17) is 14.2 Å². The lowest BCUT2D eigenvalue weighted by Crippen LogP contribution is -2.29. The Balaban J connectivity index is 1.86. The van der Waals surface area contributed by atoms with E-state index in [9.17, 15) is 9.18 Å². The zero-order valence-corrected chi connectivity index (χ0v) is 15.1. The van der Waals surface area contributed by atoms with Gasteiger partial charge >= 0.3 is 0 Å². The van der Waals surface area contributed by atoms with Crippen molar-refractivity contribution in [3.05, 3.63) is 47.8 Å². The highest BCUT2D eigenvalue weighted by Gasteiger charge is 2.14. The second-order valence-electron chi connectivity index (χ2n) is 5.52. The average molecular weight is 362 g/mol. The van der Waals surface area contributed by atoms with E-state index in [1.807, 2.05) is 0 Å². The Hall–Kier alpha value is -2.80. The van der Waals surface area contributed by atoms with Gasteiger partial charge in [-0.3, -0.25) is 4.79 Å². The molecule has 0 aliphatic carbocycles. The number of nitrogens with one attached hydrogen (secondary N) is 2. The minimum atomic E-state index is -0.258. The van der Waals surface area contributed by atoms with Gasteiger partial charge in [0, 0.05) is 17.8 Å². The molecule has 0 atom stereocenters. The maximum atomic E-state index is 12.8. The van der Waals surface area contributed by atoms with Crippen LogP contribution in [0.2, 0.25) is 0 Å². The molecule has 0 fully saturated rings. The van der Waals surface area contributed by atoms with Gasteiger partial charge in [-0.05, 0) is 30.7 Å². The van der Waals surface area contributed by atoms with Gasteiger partial charge in [-0.2, -0.15) is 0 Å². The molecule has 0 spiro atoms. The minimum absolute atomic E-state index is 0.151. The van der Waals surface area contributed by atoms with Gasteiger partial charge in [-0.25, -0.2) is 4.39 Å². The summed E-state index contributed by atoms with van der Waals surface area (Å²) in [5.41, 5.74) is 1.55. The van der Waals surface area contributed by atoms with Crippen LogP contribution in [-0.4, -0.2) is 40.3 Å². The van der Waals surface area contributed by atoms with Crippen LogP contribution in [0.5, 0.6) is 17.2 Å². The Labute approximate surface area is 152 Å². The van der Waals surface area contributed by atoms with Crippen LogP contribution in [0.4, 0.5) is 10.1 Å². The topological polar surface area (TPSA) is 68.8 Å². The normalized spacial score (nSPS) is 10.3. The smallest absolute Gasteiger partial charge is 0.238 e. The van der Waals surface area contributed by atoms with Crippen molar-refractivity contribution in [2.45, 2.75) is 6.42 Å². The summed E-state index contributed by atoms with van der Waals surface area (Å²) in [7, 11) is 4.55. The maximum absolute atomic E-state index is 12.8. The molecule has 0 aliphatic heterocycles. The van der Waals surface area contributed by atoms with E-state index in [0.717, 1.165) is 5.56 Å². The number of hydrogen-bond donors (Lipinski definition) is 2. The van der Waals surface area contributed by atoms with Crippen molar-refractivity contribution in [3.63, 3.8) is 0 Å². The molecule has 0 radical (unpaired) electrons. The summed E-state index contributed by atoms with van der Waals surface area (Å²) in [4.78, 5) is 12.1. The summed E-state index contributed by atoms with van der Waals surface area (Å²) in [6, 6.07) is 9.63. The van der Waals surface area contributed by atoms with E-state index in [1.165, 1.54) is 33.5 Å². The van der Waals surface area contributed by atoms with Crippen LogP contribution in [0.1, 0.15) is 5.56 Å². The zero-order valence-electron chi connectivity index (χ0n) is 15.1. The first kappa shape index (κ1) is 19.5. The van der Waals surface area contributed by atoms with Gasteiger partial charge in [-0.15, -0.1) is 0 Å². The van der Waals surface area contributed by atoms with E-state index >= 15 is 0 Å². The fraction of sp³-hybridized carbons (Fsp3) is 0.316. The summed E-state index contributed by atoms with van der Waals surface area (Å²) in [6.45, 7) is 0.756. The summed E-state index contributed by atoms with van der Waals surface area (Å²) >= 11 is 0. The zero-order chi connectivity index (χ0) is 18.9. The Bertz CT molecular complexity index is 710. The van der Waals surface area contributed by atoms with E-state index in [2.05, 4.69) is 10.6 Å². The van der Waals surface area contributed by atoms with Crippen LogP contribution in [-0.2, 0) is 11.2 Å². The lowest BCUT2D eigenvalue weighted by Gasteiger charge is -2.14. The van der Waals surface area contributed by atoms with Gasteiger partial charge < -0.3 is 24.8 Å². The van der Waals surface area contributed by atoms with Gasteiger partial charge in [0.2, 0.25) is 11.7 Å². The predicted molar refractivity (Wildman–Crippen MR) is 97.7 cm³/mol. The van der Waals surface area contributed by atoms with Gasteiger partial charge in [0.25, 0.3) is 0 Å². The fourth-order valence-electron chi connectivity index (χ4n) is 2.44. The first-order valence-corrected chi connectivity index (χ1v) is 8.12. The first-order valence-electron chi connectivity index (χ1n) is 8.12. The van der Waals surface area contributed by atoms with Crippen molar-refractivity contribution in [1.82, 2.24) is 5.32 Å². The van der Waals surface area contributed by atoms with Crippen molar-refractivity contribution >= 4 is 11.6 Å². The van der Waals surface area contributed by atoms with Crippen LogP contribution in [0, 0.1) is 5.82 Å². The van der Waals surface area contributed by atoms with Gasteiger partial charge in [0.05, 0.1) is 27.9 Å². The highest BCUT2D eigenvalue weighted by molar-refractivity contribution is 5.93. The molecule has 7 heteroatoms. The number of amides is 1. The molecule has 6 nitrogen and oxygen atoms in total. The molecule has 0 heterocycles. The molecular weight excluding hydrogens is 339 g/mol. The van der Waals surface area contributed by atoms with E-state index in [0.29, 0.717) is 35.9 Å². The molecule has 0 saturated carbocycles. The Morgan fingerprint density at radius 3 is 2.15 bits per heavy atom. The predicted octanol–water partition coefficient (Wildman–Crippen LogP) is 2.62. The Morgan fingerprint density at radius 2 is 1.62 bits per heavy atom. The van der Waals surface area contributed by atoms with Crippen molar-refractivity contribution in [1.29, 1.82) is 0 Å². The van der Waals surface area contributed by atoms with Crippen LogP contribution < -0.4 is 24.8 Å². The van der Waals surface area contributed by atoms with Crippen molar-refractivity contribution < 1.29 is 23.4 Å². The Kier molecular flexibility index (Phi) is 7.23. The average Bonchev–Trinajstić information content (AvgIpc) is 2.65. The lowest BCUT2D eigenvalue weighted by molar-refractivity contribution is -0.115. The molecule has 0 aliphatic rings. The number of carbonyl (C=O) groups excluding carboxylic acids is 1. The Morgan fingerprint density at radius 1 is 1.00 bits per heavy atom. The molecular formula is C19H23FN2O4. The number of halogens is 1. The molecule has 0 bridgehead atoms. The molecule has 2 aromatic rings. The van der Waals surface area contributed by atoms with Gasteiger partial charge in [-0.1, -0.05) is 12.1 Å². The summed E-state index contributed by atoms with van der Waals surface area (Å²) in [6.07, 6.45) is 0.706. The standard InChI is InChI=1S/C19H23FN2O4/c1-24-16-10-15(11-17(25-2)19(16)26-3)22-18(23)12-21-9-8-13-4-6-14(20)7-5-13/h4-7,10-11,21H,8-9,12H2,1-3H3,(H,22,23). The van der Waals surface area contributed by atoms with Crippen molar-refractivity contribution in [2.75, 3.05) is 39.7 Å². The van der Waals surface area contributed by atoms with Crippen LogP contribution in [0.3, 0.4) is 0 Å². The first-order chi connectivity index (χ1) is 12.6. The minimum Gasteiger partial charge on any atom is -0.493 e. The molecule has 2 aromatic carbocycles. The largest absolute Gasteiger partial charge is 0.493 e. The second kappa shape index (κ2) is 9.62. The molecule has 2 rings (SSSR count). The molecule has 1 amide bonds. The summed E-state index contributed by atoms with van der Waals surface area (Å²) < 4.78 is 28.6. The van der Waals surface area contributed by atoms with Crippen LogP contribution in [0.15, 0.2) is 36.4 Å². The second-order valence-corrected chi connectivity index (χ2v) is 5.52. The van der Waals surface area contributed by atoms with Crippen molar-refractivity contribution in [3.8, 4) is 17.2 Å². The van der Waals surface area contributed by atoms with Crippen LogP contribution in [0.25, 0.3) is 0 Å². The number of benzene rings is 2. The van der Waals surface area contributed by atoms with E-state index < -0.39 is 0 Å². The van der Waals surface area contributed by atoms with Crippen LogP contribution >= 0.6 is 0 Å². The molecule has 0 unspecified atom stereocenters. The number of hydrogen-bond acceptors (Lipinski definition) is 5. The number of carbonyl (C=O) groups is 1. The molecule has 2 N–H and O–H groups in total. The third kappa shape index (κ3) is 5.35. The molecule has 0 saturated heterocycles. The summed E-state index contributed by atoms with van der Waals surface area (Å²) in [5, 5.41) is 5.84. The monoisotopic (exact) mass is 362 g/mol. The number of ether oxygens (including phenoxy) is 3. The van der Waals surface area contributed by atoms with E-state index in [1.54, 1.807) is 24.3 Å². The van der Waals surface area contributed by atoms with Crippen molar-refractivity contribution in [2.24, 2.45) is 0 Å². The highest BCUT2D eigenvalue weighted by atomic mass is 19.1. The molecule has 0 aromatic heterocycles. The molecule has 26 heavy (non-hydrogen) atoms. The molecule has 140 valence electrons. The quantitative estimate of drug-likeness (QED) is 0.671. The third-order valence-corrected chi connectivity index (χ3v) is 3.74. The fourth-order valence-corrected chi connectivity index (χ4v) is 2.44.